The molecule has 1 aliphatic carbocycles. The number of nitrogens with zero attached hydrogens (tertiary/aromatic N) is 4. The summed E-state index contributed by atoms with van der Waals surface area (Å²) in [6.07, 6.45) is 8.83. The van der Waals surface area contributed by atoms with Crippen molar-refractivity contribution in [1.29, 1.82) is 0 Å². The van der Waals surface area contributed by atoms with Crippen molar-refractivity contribution in [3.05, 3.63) is 35.5 Å². The highest BCUT2D eigenvalue weighted by molar-refractivity contribution is 5.62. The third kappa shape index (κ3) is 4.33. The molecule has 4 rings (SSSR count). The van der Waals surface area contributed by atoms with Crippen LogP contribution in [0, 0.1) is 0 Å². The van der Waals surface area contributed by atoms with Crippen LogP contribution in [-0.2, 0) is 10.8 Å². The van der Waals surface area contributed by atoms with Gasteiger partial charge < -0.3 is 10.0 Å². The predicted octanol–water partition coefficient (Wildman–Crippen LogP) is 4.70. The highest BCUT2D eigenvalue weighted by atomic mass is 16.2. The first-order valence-electron chi connectivity index (χ1n) is 11.7. The Kier molecular flexibility index (Phi) is 6.04. The summed E-state index contributed by atoms with van der Waals surface area (Å²) in [6, 6.07) is 7.37. The number of benzene rings is 1. The lowest BCUT2D eigenvalue weighted by Gasteiger charge is -2.42. The van der Waals surface area contributed by atoms with Gasteiger partial charge in [0, 0.05) is 25.3 Å². The molecular weight excluding hydrogens is 372 g/mol. The van der Waals surface area contributed by atoms with E-state index in [0.717, 1.165) is 51.0 Å². The molecule has 2 heterocycles. The Morgan fingerprint density at radius 3 is 2.40 bits per heavy atom. The summed E-state index contributed by atoms with van der Waals surface area (Å²) in [4.78, 5) is 2.51. The van der Waals surface area contributed by atoms with Crippen LogP contribution in [0.25, 0.3) is 11.3 Å². The molecule has 1 fully saturated rings. The van der Waals surface area contributed by atoms with Gasteiger partial charge in [0.2, 0.25) is 0 Å². The largest absolute Gasteiger partial charge is 0.396 e. The number of unbranched alkanes of at least 4 members (excludes halogenated alkanes) is 1. The summed E-state index contributed by atoms with van der Waals surface area (Å²) in [5.74, 6) is 0. The fraction of sp³-hybridized carbons (Fsp3) is 0.680. The Balaban J connectivity index is 1.48. The van der Waals surface area contributed by atoms with Crippen LogP contribution in [0.15, 0.2) is 24.4 Å². The second-order valence-corrected chi connectivity index (χ2v) is 10.6. The molecule has 0 saturated carbocycles. The van der Waals surface area contributed by atoms with E-state index < -0.39 is 0 Å². The van der Waals surface area contributed by atoms with Gasteiger partial charge in [-0.25, -0.2) is 4.68 Å². The van der Waals surface area contributed by atoms with Gasteiger partial charge in [0.05, 0.1) is 12.2 Å². The fourth-order valence-corrected chi connectivity index (χ4v) is 5.19. The van der Waals surface area contributed by atoms with Crippen LogP contribution in [0.2, 0.25) is 0 Å². The van der Waals surface area contributed by atoms with E-state index >= 15 is 0 Å². The maximum absolute atomic E-state index is 8.97. The molecule has 164 valence electrons. The zero-order chi connectivity index (χ0) is 21.4. The summed E-state index contributed by atoms with van der Waals surface area (Å²) < 4.78 is 2.09. The van der Waals surface area contributed by atoms with Gasteiger partial charge in [-0.3, -0.25) is 0 Å². The number of aliphatic hydroxyl groups is 1. The van der Waals surface area contributed by atoms with E-state index in [9.17, 15) is 0 Å². The second-order valence-electron chi connectivity index (χ2n) is 10.6. The number of likely N-dealkylation sites (tertiary alicyclic amines) is 1. The molecule has 1 aromatic heterocycles. The molecule has 0 amide bonds. The summed E-state index contributed by atoms with van der Waals surface area (Å²) >= 11 is 0. The van der Waals surface area contributed by atoms with Crippen molar-refractivity contribution in [2.45, 2.75) is 83.1 Å². The molecule has 0 radical (unpaired) electrons. The predicted molar refractivity (Wildman–Crippen MR) is 122 cm³/mol. The normalized spacial score (nSPS) is 21.5. The van der Waals surface area contributed by atoms with Crippen LogP contribution in [0.4, 0.5) is 0 Å². The van der Waals surface area contributed by atoms with Crippen molar-refractivity contribution in [2.75, 3.05) is 26.2 Å². The van der Waals surface area contributed by atoms with Crippen LogP contribution in [0.5, 0.6) is 0 Å². The van der Waals surface area contributed by atoms with Crippen molar-refractivity contribution in [1.82, 2.24) is 19.9 Å². The Morgan fingerprint density at radius 1 is 1.00 bits per heavy atom. The lowest BCUT2D eigenvalue weighted by molar-refractivity contribution is 0.171. The molecule has 2 aliphatic rings. The molecule has 0 unspecified atom stereocenters. The highest BCUT2D eigenvalue weighted by Gasteiger charge is 2.37. The van der Waals surface area contributed by atoms with E-state index in [4.69, 9.17) is 5.11 Å². The first-order chi connectivity index (χ1) is 14.3. The summed E-state index contributed by atoms with van der Waals surface area (Å²) in [7, 11) is 0. The SMILES string of the molecule is CC1(C)CCC(C)(C)c2cc(-c3cn(C4CCN(CCCCO)CC4)nn3)ccc21. The molecule has 1 aliphatic heterocycles. The van der Waals surface area contributed by atoms with E-state index in [1.54, 1.807) is 0 Å². The Bertz CT molecular complexity index is 862. The average molecular weight is 411 g/mol. The van der Waals surface area contributed by atoms with Crippen LogP contribution >= 0.6 is 0 Å². The van der Waals surface area contributed by atoms with Gasteiger partial charge >= 0.3 is 0 Å². The first-order valence-corrected chi connectivity index (χ1v) is 11.7. The Morgan fingerprint density at radius 2 is 1.70 bits per heavy atom. The number of piperidine rings is 1. The quantitative estimate of drug-likeness (QED) is 0.701. The van der Waals surface area contributed by atoms with Crippen LogP contribution < -0.4 is 0 Å². The number of aromatic nitrogens is 3. The smallest absolute Gasteiger partial charge is 0.113 e. The standard InChI is InChI=1S/C25H38N4O/c1-24(2)11-12-25(3,4)22-17-19(7-8-21(22)24)23-18-29(27-26-23)20-9-14-28(15-10-20)13-5-6-16-30/h7-8,17-18,20,30H,5-6,9-16H2,1-4H3. The minimum atomic E-state index is 0.208. The van der Waals surface area contributed by atoms with E-state index in [1.165, 1.54) is 29.5 Å². The van der Waals surface area contributed by atoms with Gasteiger partial charge in [-0.05, 0) is 73.1 Å². The Hall–Kier alpha value is -1.72. The molecule has 0 atom stereocenters. The zero-order valence-electron chi connectivity index (χ0n) is 19.2. The molecule has 1 aromatic carbocycles. The molecule has 1 saturated heterocycles. The van der Waals surface area contributed by atoms with E-state index in [0.29, 0.717) is 12.6 Å². The number of rotatable bonds is 6. The minimum absolute atomic E-state index is 0.208. The van der Waals surface area contributed by atoms with E-state index in [2.05, 4.69) is 72.0 Å². The number of hydrogen-bond acceptors (Lipinski definition) is 4. The average Bonchev–Trinajstić information content (AvgIpc) is 3.22. The lowest BCUT2D eigenvalue weighted by Crippen LogP contribution is -2.35. The van der Waals surface area contributed by atoms with E-state index in [1.807, 2.05) is 0 Å². The number of aliphatic hydroxyl groups excluding tert-OH is 1. The number of hydrogen-bond donors (Lipinski definition) is 1. The Labute approximate surface area is 181 Å². The van der Waals surface area contributed by atoms with Crippen molar-refractivity contribution < 1.29 is 5.11 Å². The fourth-order valence-electron chi connectivity index (χ4n) is 5.19. The lowest BCUT2D eigenvalue weighted by atomic mass is 9.63. The van der Waals surface area contributed by atoms with Gasteiger partial charge in [0.15, 0.2) is 0 Å². The van der Waals surface area contributed by atoms with Gasteiger partial charge in [0.1, 0.15) is 5.69 Å². The van der Waals surface area contributed by atoms with Gasteiger partial charge in [-0.2, -0.15) is 0 Å². The van der Waals surface area contributed by atoms with Gasteiger partial charge in [-0.15, -0.1) is 5.10 Å². The van der Waals surface area contributed by atoms with Crippen molar-refractivity contribution in [3.63, 3.8) is 0 Å². The van der Waals surface area contributed by atoms with Crippen molar-refractivity contribution >= 4 is 0 Å². The van der Waals surface area contributed by atoms with Crippen LogP contribution in [0.1, 0.15) is 83.4 Å². The molecular formula is C25H38N4O. The maximum Gasteiger partial charge on any atom is 0.113 e. The van der Waals surface area contributed by atoms with Gasteiger partial charge in [-0.1, -0.05) is 45.0 Å². The third-order valence-corrected chi connectivity index (χ3v) is 7.47. The van der Waals surface area contributed by atoms with Crippen molar-refractivity contribution in [3.8, 4) is 11.3 Å². The molecule has 2 aromatic rings. The third-order valence-electron chi connectivity index (χ3n) is 7.47. The molecule has 0 spiro atoms. The zero-order valence-corrected chi connectivity index (χ0v) is 19.2. The molecule has 5 heteroatoms. The molecule has 5 nitrogen and oxygen atoms in total. The summed E-state index contributed by atoms with van der Waals surface area (Å²) in [5.41, 5.74) is 5.59. The minimum Gasteiger partial charge on any atom is -0.396 e. The van der Waals surface area contributed by atoms with Crippen LogP contribution in [0.3, 0.4) is 0 Å². The van der Waals surface area contributed by atoms with Crippen molar-refractivity contribution in [2.24, 2.45) is 0 Å². The topological polar surface area (TPSA) is 54.2 Å². The molecule has 0 bridgehead atoms. The summed E-state index contributed by atoms with van der Waals surface area (Å²) in [6.45, 7) is 13.1. The summed E-state index contributed by atoms with van der Waals surface area (Å²) in [5, 5.41) is 18.0. The van der Waals surface area contributed by atoms with Crippen LogP contribution in [-0.4, -0.2) is 51.2 Å². The number of fused-ring (bicyclic) bond motifs is 1. The molecule has 30 heavy (non-hydrogen) atoms. The molecule has 1 N–H and O–H groups in total. The van der Waals surface area contributed by atoms with E-state index in [-0.39, 0.29) is 10.8 Å². The second kappa shape index (κ2) is 8.43. The maximum atomic E-state index is 8.97. The van der Waals surface area contributed by atoms with Gasteiger partial charge in [0.25, 0.3) is 0 Å². The highest BCUT2D eigenvalue weighted by Crippen LogP contribution is 2.46. The first kappa shape index (κ1) is 21.5. The monoisotopic (exact) mass is 410 g/mol.